The molecule has 1 aliphatic carbocycles. The third kappa shape index (κ3) is 3.50. The van der Waals surface area contributed by atoms with Gasteiger partial charge in [0, 0.05) is 12.8 Å². The highest BCUT2D eigenvalue weighted by molar-refractivity contribution is 4.90. The third-order valence-electron chi connectivity index (χ3n) is 5.15. The fraction of sp³-hybridized carbons (Fsp3) is 1.00. The molecule has 1 unspecified atom stereocenters. The van der Waals surface area contributed by atoms with Crippen molar-refractivity contribution in [3.63, 3.8) is 0 Å². The van der Waals surface area contributed by atoms with E-state index in [1.54, 1.807) is 0 Å². The van der Waals surface area contributed by atoms with Crippen LogP contribution >= 0.6 is 0 Å². The second-order valence-corrected chi connectivity index (χ2v) is 7.05. The quantitative estimate of drug-likeness (QED) is 0.831. The van der Waals surface area contributed by atoms with E-state index in [1.807, 2.05) is 0 Å². The van der Waals surface area contributed by atoms with Crippen LogP contribution in [0.3, 0.4) is 0 Å². The lowest BCUT2D eigenvalue weighted by molar-refractivity contribution is -0.197. The highest BCUT2D eigenvalue weighted by atomic mass is 16.7. The van der Waals surface area contributed by atoms with Crippen LogP contribution < -0.4 is 5.73 Å². The molecule has 0 radical (unpaired) electrons. The molecule has 0 bridgehead atoms. The van der Waals surface area contributed by atoms with Crippen LogP contribution in [0.4, 0.5) is 0 Å². The lowest BCUT2D eigenvalue weighted by Gasteiger charge is -2.42. The molecular formula is C16H31NO2. The summed E-state index contributed by atoms with van der Waals surface area (Å²) in [6.45, 7) is 8.56. The minimum absolute atomic E-state index is 0.227. The molecule has 3 heteroatoms. The van der Waals surface area contributed by atoms with Crippen LogP contribution in [0, 0.1) is 11.3 Å². The van der Waals surface area contributed by atoms with Crippen molar-refractivity contribution < 1.29 is 9.47 Å². The molecular weight excluding hydrogens is 238 g/mol. The van der Waals surface area contributed by atoms with Crippen LogP contribution in [0.1, 0.15) is 65.7 Å². The molecule has 1 aliphatic heterocycles. The van der Waals surface area contributed by atoms with Crippen molar-refractivity contribution in [2.24, 2.45) is 17.1 Å². The van der Waals surface area contributed by atoms with E-state index in [2.05, 4.69) is 20.8 Å². The minimum Gasteiger partial charge on any atom is -0.347 e. The van der Waals surface area contributed by atoms with E-state index >= 15 is 0 Å². The van der Waals surface area contributed by atoms with Gasteiger partial charge in [0.2, 0.25) is 0 Å². The lowest BCUT2D eigenvalue weighted by Crippen LogP contribution is -2.39. The van der Waals surface area contributed by atoms with Gasteiger partial charge in [-0.25, -0.2) is 0 Å². The molecule has 0 aromatic carbocycles. The SMILES string of the molecule is CCCC(C)(C)C1CCC2(CC1)OCC(CCN)O2. The summed E-state index contributed by atoms with van der Waals surface area (Å²) in [5, 5.41) is 0. The molecule has 0 aromatic heterocycles. The number of nitrogens with two attached hydrogens (primary N) is 1. The topological polar surface area (TPSA) is 44.5 Å². The summed E-state index contributed by atoms with van der Waals surface area (Å²) in [6, 6.07) is 0. The predicted octanol–water partition coefficient (Wildman–Crippen LogP) is 3.46. The van der Waals surface area contributed by atoms with Crippen LogP contribution in [0.5, 0.6) is 0 Å². The molecule has 1 atom stereocenters. The largest absolute Gasteiger partial charge is 0.347 e. The first-order valence-electron chi connectivity index (χ1n) is 8.03. The van der Waals surface area contributed by atoms with E-state index in [-0.39, 0.29) is 11.9 Å². The van der Waals surface area contributed by atoms with Gasteiger partial charge in [-0.1, -0.05) is 27.2 Å². The van der Waals surface area contributed by atoms with Gasteiger partial charge in [0.1, 0.15) is 0 Å². The zero-order valence-corrected chi connectivity index (χ0v) is 12.9. The maximum Gasteiger partial charge on any atom is 0.168 e. The van der Waals surface area contributed by atoms with Crippen LogP contribution in [-0.2, 0) is 9.47 Å². The van der Waals surface area contributed by atoms with Gasteiger partial charge < -0.3 is 15.2 Å². The summed E-state index contributed by atoms with van der Waals surface area (Å²) < 4.78 is 12.1. The Morgan fingerprint density at radius 3 is 2.53 bits per heavy atom. The molecule has 19 heavy (non-hydrogen) atoms. The molecule has 1 saturated carbocycles. The maximum absolute atomic E-state index is 6.15. The molecule has 0 amide bonds. The molecule has 2 N–H and O–H groups in total. The van der Waals surface area contributed by atoms with E-state index in [0.717, 1.165) is 31.8 Å². The van der Waals surface area contributed by atoms with E-state index in [4.69, 9.17) is 15.2 Å². The van der Waals surface area contributed by atoms with Gasteiger partial charge in [-0.2, -0.15) is 0 Å². The van der Waals surface area contributed by atoms with Crippen molar-refractivity contribution in [2.75, 3.05) is 13.2 Å². The van der Waals surface area contributed by atoms with Crippen molar-refractivity contribution in [1.82, 2.24) is 0 Å². The van der Waals surface area contributed by atoms with E-state index in [1.165, 1.54) is 25.7 Å². The highest BCUT2D eigenvalue weighted by Crippen LogP contribution is 2.47. The van der Waals surface area contributed by atoms with Gasteiger partial charge >= 0.3 is 0 Å². The van der Waals surface area contributed by atoms with Gasteiger partial charge in [-0.3, -0.25) is 0 Å². The predicted molar refractivity (Wildman–Crippen MR) is 77.9 cm³/mol. The van der Waals surface area contributed by atoms with Crippen molar-refractivity contribution in [3.05, 3.63) is 0 Å². The molecule has 2 aliphatic rings. The normalized spacial score (nSPS) is 36.0. The Kier molecular flexibility index (Phi) is 4.91. The fourth-order valence-corrected chi connectivity index (χ4v) is 3.89. The highest BCUT2D eigenvalue weighted by Gasteiger charge is 2.46. The summed E-state index contributed by atoms with van der Waals surface area (Å²) in [5.74, 6) is 0.553. The zero-order chi connectivity index (χ0) is 13.9. The molecule has 112 valence electrons. The summed E-state index contributed by atoms with van der Waals surface area (Å²) in [4.78, 5) is 0. The molecule has 1 spiro atoms. The summed E-state index contributed by atoms with van der Waals surface area (Å²) in [5.41, 5.74) is 6.07. The van der Waals surface area contributed by atoms with Gasteiger partial charge in [0.05, 0.1) is 12.7 Å². The molecule has 3 nitrogen and oxygen atoms in total. The smallest absolute Gasteiger partial charge is 0.168 e. The number of hydrogen-bond donors (Lipinski definition) is 1. The molecule has 1 heterocycles. The Bertz CT molecular complexity index is 282. The number of rotatable bonds is 5. The van der Waals surface area contributed by atoms with E-state index in [9.17, 15) is 0 Å². The summed E-state index contributed by atoms with van der Waals surface area (Å²) >= 11 is 0. The van der Waals surface area contributed by atoms with Crippen LogP contribution in [-0.4, -0.2) is 25.0 Å². The van der Waals surface area contributed by atoms with Crippen molar-refractivity contribution in [3.8, 4) is 0 Å². The Labute approximate surface area is 118 Å². The standard InChI is InChI=1S/C16H31NO2/c1-4-8-15(2,3)13-5-9-16(10-6-13)18-12-14(19-16)7-11-17/h13-14H,4-12,17H2,1-3H3. The Morgan fingerprint density at radius 2 is 1.95 bits per heavy atom. The van der Waals surface area contributed by atoms with Crippen molar-refractivity contribution in [1.29, 1.82) is 0 Å². The maximum atomic E-state index is 6.15. The lowest BCUT2D eigenvalue weighted by atomic mass is 9.68. The average molecular weight is 269 g/mol. The molecule has 2 rings (SSSR count). The minimum atomic E-state index is -0.265. The van der Waals surface area contributed by atoms with Gasteiger partial charge in [-0.15, -0.1) is 0 Å². The van der Waals surface area contributed by atoms with Gasteiger partial charge in [0.25, 0.3) is 0 Å². The van der Waals surface area contributed by atoms with Crippen LogP contribution in [0.15, 0.2) is 0 Å². The van der Waals surface area contributed by atoms with Gasteiger partial charge in [0.15, 0.2) is 5.79 Å². The second-order valence-electron chi connectivity index (χ2n) is 7.05. The Balaban J connectivity index is 1.86. The summed E-state index contributed by atoms with van der Waals surface area (Å²) in [6.07, 6.45) is 8.35. The monoisotopic (exact) mass is 269 g/mol. The van der Waals surface area contributed by atoms with Gasteiger partial charge in [-0.05, 0) is 43.6 Å². The number of ether oxygens (including phenoxy) is 2. The number of hydrogen-bond acceptors (Lipinski definition) is 3. The van der Waals surface area contributed by atoms with Crippen molar-refractivity contribution in [2.45, 2.75) is 77.6 Å². The third-order valence-corrected chi connectivity index (χ3v) is 5.15. The first kappa shape index (κ1) is 15.3. The first-order chi connectivity index (χ1) is 9.01. The molecule has 2 fully saturated rings. The fourth-order valence-electron chi connectivity index (χ4n) is 3.89. The first-order valence-corrected chi connectivity index (χ1v) is 8.03. The Hall–Kier alpha value is -0.120. The Morgan fingerprint density at radius 1 is 1.26 bits per heavy atom. The van der Waals surface area contributed by atoms with Crippen molar-refractivity contribution >= 4 is 0 Å². The van der Waals surface area contributed by atoms with E-state index in [0.29, 0.717) is 12.0 Å². The molecule has 1 saturated heterocycles. The summed E-state index contributed by atoms with van der Waals surface area (Å²) in [7, 11) is 0. The molecule has 0 aromatic rings. The zero-order valence-electron chi connectivity index (χ0n) is 12.9. The average Bonchev–Trinajstić information content (AvgIpc) is 2.73. The second kappa shape index (κ2) is 6.11. The van der Waals surface area contributed by atoms with Crippen LogP contribution in [0.25, 0.3) is 0 Å². The van der Waals surface area contributed by atoms with Crippen LogP contribution in [0.2, 0.25) is 0 Å². The van der Waals surface area contributed by atoms with E-state index < -0.39 is 0 Å².